The summed E-state index contributed by atoms with van der Waals surface area (Å²) in [6, 6.07) is 3.44. The summed E-state index contributed by atoms with van der Waals surface area (Å²) in [5.41, 5.74) is 0.133. The van der Waals surface area contributed by atoms with Crippen molar-refractivity contribution in [1.29, 1.82) is 0 Å². The molecular formula is C25H38N6O4. The summed E-state index contributed by atoms with van der Waals surface area (Å²) in [5, 5.41) is 9.47. The van der Waals surface area contributed by atoms with Gasteiger partial charge < -0.3 is 30.0 Å². The molecule has 1 aliphatic rings. The Hall–Kier alpha value is -3.14. The molecule has 0 unspecified atom stereocenters. The van der Waals surface area contributed by atoms with Crippen molar-refractivity contribution in [2.75, 3.05) is 32.1 Å². The number of anilines is 1. The van der Waals surface area contributed by atoms with Gasteiger partial charge in [-0.05, 0) is 24.5 Å². The normalized spacial score (nSPS) is 18.3. The fourth-order valence-corrected chi connectivity index (χ4v) is 4.06. The smallest absolute Gasteiger partial charge is 0.407 e. The second-order valence-corrected chi connectivity index (χ2v) is 10.4. The van der Waals surface area contributed by atoms with Crippen molar-refractivity contribution >= 4 is 17.8 Å². The summed E-state index contributed by atoms with van der Waals surface area (Å²) in [6.45, 7) is 12.5. The minimum Gasteiger partial charge on any atom is -0.467 e. The van der Waals surface area contributed by atoms with E-state index in [1.807, 2.05) is 37.8 Å². The fraction of sp³-hybridized carbons (Fsp3) is 0.600. The lowest BCUT2D eigenvalue weighted by molar-refractivity contribution is 0.0602. The van der Waals surface area contributed by atoms with Crippen molar-refractivity contribution in [3.05, 3.63) is 41.7 Å². The van der Waals surface area contributed by atoms with Crippen LogP contribution in [-0.4, -0.2) is 65.7 Å². The van der Waals surface area contributed by atoms with Gasteiger partial charge in [-0.2, -0.15) is 0 Å². The van der Waals surface area contributed by atoms with Crippen molar-refractivity contribution in [1.82, 2.24) is 25.5 Å². The van der Waals surface area contributed by atoms with Gasteiger partial charge in [-0.25, -0.2) is 14.8 Å². The highest BCUT2D eigenvalue weighted by Crippen LogP contribution is 2.25. The summed E-state index contributed by atoms with van der Waals surface area (Å²) in [5.74, 6) is 1.97. The van der Waals surface area contributed by atoms with Crippen LogP contribution in [0.25, 0.3) is 0 Å². The minimum absolute atomic E-state index is 0.110. The van der Waals surface area contributed by atoms with Gasteiger partial charge in [0.05, 0.1) is 19.9 Å². The van der Waals surface area contributed by atoms with Gasteiger partial charge in [0.25, 0.3) is 5.91 Å². The number of aromatic nitrogens is 2. The number of rotatable bonds is 8. The maximum atomic E-state index is 14.0. The largest absolute Gasteiger partial charge is 0.467 e. The summed E-state index contributed by atoms with van der Waals surface area (Å²) in [4.78, 5) is 36.8. The number of hydrogen-bond donors (Lipinski definition) is 3. The van der Waals surface area contributed by atoms with Gasteiger partial charge in [0.1, 0.15) is 23.0 Å². The Morgan fingerprint density at radius 2 is 2.09 bits per heavy atom. The van der Waals surface area contributed by atoms with Crippen LogP contribution < -0.4 is 16.0 Å². The van der Waals surface area contributed by atoms with E-state index in [0.29, 0.717) is 49.8 Å². The van der Waals surface area contributed by atoms with Crippen LogP contribution in [0.15, 0.2) is 29.0 Å². The Kier molecular flexibility index (Phi) is 8.71. The first kappa shape index (κ1) is 26.5. The lowest BCUT2D eigenvalue weighted by atomic mass is 9.95. The summed E-state index contributed by atoms with van der Waals surface area (Å²) < 4.78 is 10.2. The van der Waals surface area contributed by atoms with E-state index in [1.165, 1.54) is 7.11 Å². The van der Waals surface area contributed by atoms with Crippen molar-refractivity contribution < 1.29 is 18.7 Å². The average Bonchev–Trinajstić information content (AvgIpc) is 3.33. The highest BCUT2D eigenvalue weighted by atomic mass is 16.5. The highest BCUT2D eigenvalue weighted by Gasteiger charge is 2.33. The monoisotopic (exact) mass is 486 g/mol. The predicted octanol–water partition coefficient (Wildman–Crippen LogP) is 3.16. The maximum Gasteiger partial charge on any atom is 0.407 e. The van der Waals surface area contributed by atoms with Crippen LogP contribution in [0.1, 0.15) is 63.0 Å². The number of nitrogens with one attached hydrogen (secondary N) is 3. The van der Waals surface area contributed by atoms with Gasteiger partial charge in [0, 0.05) is 43.3 Å². The van der Waals surface area contributed by atoms with Crippen LogP contribution in [0.3, 0.4) is 0 Å². The number of carbonyl (C=O) groups is 2. The number of piperidine rings is 1. The average molecular weight is 487 g/mol. The maximum absolute atomic E-state index is 14.0. The molecule has 35 heavy (non-hydrogen) atoms. The molecule has 0 spiro atoms. The van der Waals surface area contributed by atoms with Gasteiger partial charge in [-0.15, -0.1) is 0 Å². The molecule has 0 bridgehead atoms. The van der Waals surface area contributed by atoms with Gasteiger partial charge in [-0.1, -0.05) is 34.6 Å². The SMILES string of the molecule is COC(=O)N[C@H]1CNC[C@@H](N(CC(C)C)C(=O)c2cnc(C(C)(C)C)nc2NCc2ccco2)C1. The third kappa shape index (κ3) is 7.17. The molecule has 1 saturated heterocycles. The zero-order chi connectivity index (χ0) is 25.6. The lowest BCUT2D eigenvalue weighted by Gasteiger charge is -2.39. The van der Waals surface area contributed by atoms with E-state index in [1.54, 1.807) is 12.5 Å². The number of methoxy groups -OCH3 is 1. The molecule has 1 aliphatic heterocycles. The number of ether oxygens (including phenoxy) is 1. The molecule has 2 aromatic heterocycles. The van der Waals surface area contributed by atoms with Crippen LogP contribution in [0.5, 0.6) is 0 Å². The third-order valence-electron chi connectivity index (χ3n) is 5.80. The molecule has 3 N–H and O–H groups in total. The number of furan rings is 1. The fourth-order valence-electron chi connectivity index (χ4n) is 4.06. The highest BCUT2D eigenvalue weighted by molar-refractivity contribution is 5.98. The predicted molar refractivity (Wildman–Crippen MR) is 133 cm³/mol. The Bertz CT molecular complexity index is 986. The molecule has 0 aromatic carbocycles. The van der Waals surface area contributed by atoms with E-state index < -0.39 is 6.09 Å². The summed E-state index contributed by atoms with van der Waals surface area (Å²) in [6.07, 6.45) is 3.38. The molecule has 1 fully saturated rings. The van der Waals surface area contributed by atoms with Crippen molar-refractivity contribution in [3.63, 3.8) is 0 Å². The standard InChI is InChI=1S/C25H38N6O4/c1-16(2)15-31(18-10-17(11-26-12-18)29-24(33)34-6)22(32)20-14-28-23(25(3,4)5)30-21(20)27-13-19-8-7-9-35-19/h7-9,14,16-18,26H,10-13,15H2,1-6H3,(H,29,33)(H,27,28,30)/t17-,18+/m1/s1. The third-order valence-corrected chi connectivity index (χ3v) is 5.80. The molecular weight excluding hydrogens is 448 g/mol. The quantitative estimate of drug-likeness (QED) is 0.520. The molecule has 0 radical (unpaired) electrons. The molecule has 10 heteroatoms. The molecule has 3 rings (SSSR count). The van der Waals surface area contributed by atoms with Gasteiger partial charge >= 0.3 is 6.09 Å². The Balaban J connectivity index is 1.90. The van der Waals surface area contributed by atoms with Crippen LogP contribution in [-0.2, 0) is 16.7 Å². The number of alkyl carbamates (subject to hydrolysis) is 1. The lowest BCUT2D eigenvalue weighted by Crippen LogP contribution is -2.57. The van der Waals surface area contributed by atoms with Gasteiger partial charge in [0.2, 0.25) is 0 Å². The molecule has 192 valence electrons. The Morgan fingerprint density at radius 1 is 1.31 bits per heavy atom. The number of carbonyl (C=O) groups excluding carboxylic acids is 2. The first-order chi connectivity index (χ1) is 16.6. The van der Waals surface area contributed by atoms with E-state index in [0.717, 1.165) is 5.76 Å². The summed E-state index contributed by atoms with van der Waals surface area (Å²) >= 11 is 0. The zero-order valence-electron chi connectivity index (χ0n) is 21.6. The van der Waals surface area contributed by atoms with Gasteiger partial charge in [0.15, 0.2) is 0 Å². The molecule has 0 aliphatic carbocycles. The van der Waals surface area contributed by atoms with E-state index in [9.17, 15) is 9.59 Å². The number of amides is 2. The Labute approximate surface area is 207 Å². The first-order valence-electron chi connectivity index (χ1n) is 12.1. The molecule has 2 atom stereocenters. The van der Waals surface area contributed by atoms with Crippen molar-refractivity contribution in [2.24, 2.45) is 5.92 Å². The van der Waals surface area contributed by atoms with E-state index in [4.69, 9.17) is 14.1 Å². The second kappa shape index (κ2) is 11.5. The molecule has 2 amide bonds. The van der Waals surface area contributed by atoms with E-state index >= 15 is 0 Å². The molecule has 3 heterocycles. The minimum atomic E-state index is -0.477. The zero-order valence-corrected chi connectivity index (χ0v) is 21.6. The van der Waals surface area contributed by atoms with Crippen molar-refractivity contribution in [2.45, 2.75) is 65.1 Å². The van der Waals surface area contributed by atoms with Gasteiger partial charge in [-0.3, -0.25) is 4.79 Å². The Morgan fingerprint density at radius 3 is 2.71 bits per heavy atom. The van der Waals surface area contributed by atoms with Crippen LogP contribution in [0, 0.1) is 5.92 Å². The van der Waals surface area contributed by atoms with E-state index in [-0.39, 0.29) is 29.3 Å². The molecule has 0 saturated carbocycles. The van der Waals surface area contributed by atoms with E-state index in [2.05, 4.69) is 34.8 Å². The first-order valence-corrected chi connectivity index (χ1v) is 12.1. The topological polar surface area (TPSA) is 122 Å². The summed E-state index contributed by atoms with van der Waals surface area (Å²) in [7, 11) is 1.34. The molecule has 2 aromatic rings. The van der Waals surface area contributed by atoms with Crippen LogP contribution in [0.2, 0.25) is 0 Å². The second-order valence-electron chi connectivity index (χ2n) is 10.4. The van der Waals surface area contributed by atoms with Crippen LogP contribution >= 0.6 is 0 Å². The number of hydrogen-bond acceptors (Lipinski definition) is 8. The van der Waals surface area contributed by atoms with Crippen LogP contribution in [0.4, 0.5) is 10.6 Å². The van der Waals surface area contributed by atoms with Crippen molar-refractivity contribution in [3.8, 4) is 0 Å². The number of nitrogens with zero attached hydrogens (tertiary/aromatic N) is 3. The molecule has 10 nitrogen and oxygen atoms in total.